The second-order valence-corrected chi connectivity index (χ2v) is 7.10. The fraction of sp³-hybridized carbons (Fsp3) is 0.167. The average Bonchev–Trinajstić information content (AvgIpc) is 3.28. The van der Waals surface area contributed by atoms with Gasteiger partial charge in [-0.2, -0.15) is 11.3 Å². The number of anilines is 1. The number of rotatable bonds is 6. The molecule has 1 atom stereocenters. The molecule has 5 nitrogen and oxygen atoms in total. The Bertz CT molecular complexity index is 892. The minimum absolute atomic E-state index is 0.00515. The van der Waals surface area contributed by atoms with Crippen LogP contribution in [0.3, 0.4) is 0 Å². The predicted molar refractivity (Wildman–Crippen MR) is 99.7 cm³/mol. The molecule has 0 fully saturated rings. The zero-order valence-corrected chi connectivity index (χ0v) is 15.4. The summed E-state index contributed by atoms with van der Waals surface area (Å²) in [6.45, 7) is 1.48. The molecular weight excluding hydrogens is 375 g/mol. The van der Waals surface area contributed by atoms with Crippen molar-refractivity contribution >= 4 is 40.2 Å². The molecule has 1 amide bonds. The summed E-state index contributed by atoms with van der Waals surface area (Å²) in [4.78, 5) is 28.5. The monoisotopic (exact) mass is 390 g/mol. The third-order valence-electron chi connectivity index (χ3n) is 3.43. The van der Waals surface area contributed by atoms with E-state index in [-0.39, 0.29) is 6.42 Å². The molecule has 0 aliphatic carbocycles. The van der Waals surface area contributed by atoms with Crippen molar-refractivity contribution in [2.75, 3.05) is 5.32 Å². The van der Waals surface area contributed by atoms with Crippen LogP contribution in [0.2, 0.25) is 0 Å². The molecule has 134 valence electrons. The summed E-state index contributed by atoms with van der Waals surface area (Å²) in [5.41, 5.74) is 2.05. The molecule has 0 radical (unpaired) electrons. The molecule has 0 saturated carbocycles. The molecule has 0 saturated heterocycles. The molecule has 1 N–H and O–H groups in total. The molecule has 8 heteroatoms. The van der Waals surface area contributed by atoms with Gasteiger partial charge in [-0.05, 0) is 42.6 Å². The van der Waals surface area contributed by atoms with Crippen LogP contribution < -0.4 is 5.32 Å². The highest BCUT2D eigenvalue weighted by molar-refractivity contribution is 7.14. The van der Waals surface area contributed by atoms with Crippen LogP contribution in [0.5, 0.6) is 0 Å². The van der Waals surface area contributed by atoms with Crippen molar-refractivity contribution in [3.05, 3.63) is 58.0 Å². The highest BCUT2D eigenvalue weighted by atomic mass is 32.1. The number of nitrogens with one attached hydrogen (secondary N) is 1. The van der Waals surface area contributed by atoms with E-state index in [2.05, 4.69) is 10.3 Å². The lowest BCUT2D eigenvalue weighted by Gasteiger charge is -2.13. The number of ether oxygens (including phenoxy) is 1. The van der Waals surface area contributed by atoms with Gasteiger partial charge in [-0.25, -0.2) is 9.37 Å². The number of thiophene rings is 1. The number of hydrogen-bond donors (Lipinski definition) is 1. The maximum Gasteiger partial charge on any atom is 0.312 e. The second-order valence-electron chi connectivity index (χ2n) is 5.46. The van der Waals surface area contributed by atoms with Crippen molar-refractivity contribution in [2.45, 2.75) is 19.4 Å². The van der Waals surface area contributed by atoms with Crippen LogP contribution in [0.4, 0.5) is 10.1 Å². The van der Waals surface area contributed by atoms with Gasteiger partial charge in [0.05, 0.1) is 12.1 Å². The van der Waals surface area contributed by atoms with Crippen LogP contribution in [0.15, 0.2) is 46.5 Å². The zero-order valence-electron chi connectivity index (χ0n) is 13.8. The number of amides is 1. The van der Waals surface area contributed by atoms with Crippen molar-refractivity contribution < 1.29 is 18.7 Å². The minimum atomic E-state index is -0.970. The van der Waals surface area contributed by atoms with Gasteiger partial charge < -0.3 is 10.1 Å². The van der Waals surface area contributed by atoms with E-state index in [0.29, 0.717) is 11.4 Å². The molecule has 26 heavy (non-hydrogen) atoms. The number of carbonyl (C=O) groups is 2. The molecule has 0 unspecified atom stereocenters. The third kappa shape index (κ3) is 4.74. The summed E-state index contributed by atoms with van der Waals surface area (Å²) in [7, 11) is 0. The Labute approximate surface area is 157 Å². The SMILES string of the molecule is C[C@H](OC(=O)Cc1csc(-c2ccsc2)n1)C(=O)Nc1ccc(F)cc1. The molecule has 3 aromatic rings. The molecule has 3 rings (SSSR count). The standard InChI is InChI=1S/C18H15FN2O3S2/c1-11(17(23)20-14-4-2-13(19)3-5-14)24-16(22)8-15-10-26-18(21-15)12-6-7-25-9-12/h2-7,9-11H,8H2,1H3,(H,20,23)/t11-/m0/s1. The third-order valence-corrected chi connectivity index (χ3v) is 5.06. The van der Waals surface area contributed by atoms with E-state index in [1.165, 1.54) is 42.5 Å². The normalized spacial score (nSPS) is 11.8. The molecule has 0 aliphatic heterocycles. The minimum Gasteiger partial charge on any atom is -0.452 e. The van der Waals surface area contributed by atoms with Crippen molar-refractivity contribution in [1.29, 1.82) is 0 Å². The van der Waals surface area contributed by atoms with Crippen molar-refractivity contribution in [1.82, 2.24) is 4.98 Å². The molecular formula is C18H15FN2O3S2. The molecule has 2 aromatic heterocycles. The predicted octanol–water partition coefficient (Wildman–Crippen LogP) is 4.12. The van der Waals surface area contributed by atoms with Crippen molar-refractivity contribution in [3.63, 3.8) is 0 Å². The average molecular weight is 390 g/mol. The number of benzene rings is 1. The highest BCUT2D eigenvalue weighted by Gasteiger charge is 2.19. The highest BCUT2D eigenvalue weighted by Crippen LogP contribution is 2.25. The Hall–Kier alpha value is -2.58. The maximum atomic E-state index is 12.9. The molecule has 0 aliphatic rings. The number of nitrogens with zero attached hydrogens (tertiary/aromatic N) is 1. The van der Waals surface area contributed by atoms with Crippen molar-refractivity contribution in [2.24, 2.45) is 0 Å². The van der Waals surface area contributed by atoms with E-state index in [4.69, 9.17) is 4.74 Å². The summed E-state index contributed by atoms with van der Waals surface area (Å²) in [6.07, 6.45) is -0.975. The van der Waals surface area contributed by atoms with Crippen LogP contribution in [0.1, 0.15) is 12.6 Å². The Morgan fingerprint density at radius 3 is 2.69 bits per heavy atom. The van der Waals surface area contributed by atoms with Crippen LogP contribution in [-0.4, -0.2) is 23.0 Å². The second kappa shape index (κ2) is 8.20. The number of aromatic nitrogens is 1. The van der Waals surface area contributed by atoms with E-state index < -0.39 is 23.8 Å². The smallest absolute Gasteiger partial charge is 0.312 e. The maximum absolute atomic E-state index is 12.9. The van der Waals surface area contributed by atoms with E-state index in [9.17, 15) is 14.0 Å². The van der Waals surface area contributed by atoms with Crippen LogP contribution in [0.25, 0.3) is 10.6 Å². The zero-order chi connectivity index (χ0) is 18.5. The summed E-state index contributed by atoms with van der Waals surface area (Å²) in [5, 5.41) is 9.17. The van der Waals surface area contributed by atoms with Gasteiger partial charge in [-0.15, -0.1) is 11.3 Å². The number of halogens is 1. The van der Waals surface area contributed by atoms with Gasteiger partial charge in [0.1, 0.15) is 10.8 Å². The van der Waals surface area contributed by atoms with Gasteiger partial charge >= 0.3 is 5.97 Å². The number of thiazole rings is 1. The first-order valence-corrected chi connectivity index (χ1v) is 9.56. The van der Waals surface area contributed by atoms with E-state index in [1.807, 2.05) is 16.8 Å². The summed E-state index contributed by atoms with van der Waals surface area (Å²) in [6, 6.07) is 7.30. The first kappa shape index (κ1) is 18.2. The first-order chi connectivity index (χ1) is 12.5. The Balaban J connectivity index is 1.52. The Kier molecular flexibility index (Phi) is 5.75. The lowest BCUT2D eigenvalue weighted by molar-refractivity contribution is -0.152. The van der Waals surface area contributed by atoms with E-state index in [0.717, 1.165) is 10.6 Å². The van der Waals surface area contributed by atoms with Crippen LogP contribution in [0, 0.1) is 5.82 Å². The van der Waals surface area contributed by atoms with Crippen LogP contribution in [-0.2, 0) is 20.7 Å². The van der Waals surface area contributed by atoms with Gasteiger partial charge in [-0.3, -0.25) is 9.59 Å². The van der Waals surface area contributed by atoms with Crippen molar-refractivity contribution in [3.8, 4) is 10.6 Å². The summed E-state index contributed by atoms with van der Waals surface area (Å²) < 4.78 is 18.0. The first-order valence-electron chi connectivity index (χ1n) is 7.74. The number of hydrogen-bond acceptors (Lipinski definition) is 6. The van der Waals surface area contributed by atoms with Gasteiger partial charge in [-0.1, -0.05) is 0 Å². The summed E-state index contributed by atoms with van der Waals surface area (Å²) >= 11 is 3.04. The molecule has 2 heterocycles. The van der Waals surface area contributed by atoms with Gasteiger partial charge in [0.15, 0.2) is 6.10 Å². The number of carbonyl (C=O) groups excluding carboxylic acids is 2. The fourth-order valence-corrected chi connectivity index (χ4v) is 3.66. The van der Waals surface area contributed by atoms with Gasteiger partial charge in [0.2, 0.25) is 0 Å². The summed E-state index contributed by atoms with van der Waals surface area (Å²) in [5.74, 6) is -1.41. The fourth-order valence-electron chi connectivity index (χ4n) is 2.12. The quantitative estimate of drug-likeness (QED) is 0.643. The molecule has 0 bridgehead atoms. The van der Waals surface area contributed by atoms with E-state index >= 15 is 0 Å². The lowest BCUT2D eigenvalue weighted by Crippen LogP contribution is -2.30. The number of esters is 1. The van der Waals surface area contributed by atoms with Gasteiger partial charge in [0.25, 0.3) is 5.91 Å². The topological polar surface area (TPSA) is 68.3 Å². The Morgan fingerprint density at radius 2 is 2.00 bits per heavy atom. The molecule has 1 aromatic carbocycles. The molecule has 0 spiro atoms. The van der Waals surface area contributed by atoms with Crippen LogP contribution >= 0.6 is 22.7 Å². The van der Waals surface area contributed by atoms with Gasteiger partial charge in [0, 0.05) is 22.0 Å². The largest absolute Gasteiger partial charge is 0.452 e. The lowest BCUT2D eigenvalue weighted by atomic mass is 10.3. The Morgan fingerprint density at radius 1 is 1.23 bits per heavy atom. The van der Waals surface area contributed by atoms with E-state index in [1.54, 1.807) is 16.7 Å².